The van der Waals surface area contributed by atoms with Gasteiger partial charge in [-0.05, 0) is 36.6 Å². The number of hydrogen-bond acceptors (Lipinski definition) is 3. The van der Waals surface area contributed by atoms with Gasteiger partial charge >= 0.3 is 0 Å². The predicted octanol–water partition coefficient (Wildman–Crippen LogP) is 2.18. The Kier molecular flexibility index (Phi) is 5.38. The standard InChI is InChI=1S/C19H20FN3O2/c20-16-6-2-1-5-14(16)13-18(24)22-15-8-11-23(12-9-15)19(25)17-7-3-4-10-21-17/h1-7,10,15H,8-9,11-13H2,(H,22,24). The van der Waals surface area contributed by atoms with E-state index in [1.54, 1.807) is 47.5 Å². The molecule has 1 aromatic heterocycles. The summed E-state index contributed by atoms with van der Waals surface area (Å²) >= 11 is 0. The second-order valence-electron chi connectivity index (χ2n) is 6.12. The molecule has 2 aromatic rings. The van der Waals surface area contributed by atoms with Crippen molar-refractivity contribution in [3.63, 3.8) is 0 Å². The largest absolute Gasteiger partial charge is 0.353 e. The fraction of sp³-hybridized carbons (Fsp3) is 0.316. The lowest BCUT2D eigenvalue weighted by atomic mass is 10.0. The van der Waals surface area contributed by atoms with Crippen LogP contribution in [0.2, 0.25) is 0 Å². The van der Waals surface area contributed by atoms with E-state index in [2.05, 4.69) is 10.3 Å². The van der Waals surface area contributed by atoms with Gasteiger partial charge in [0, 0.05) is 25.3 Å². The van der Waals surface area contributed by atoms with Crippen LogP contribution < -0.4 is 5.32 Å². The van der Waals surface area contributed by atoms with E-state index in [9.17, 15) is 14.0 Å². The second kappa shape index (κ2) is 7.88. The Balaban J connectivity index is 1.48. The number of halogens is 1. The van der Waals surface area contributed by atoms with Crippen LogP contribution >= 0.6 is 0 Å². The van der Waals surface area contributed by atoms with Gasteiger partial charge in [0.15, 0.2) is 0 Å². The number of benzene rings is 1. The number of nitrogens with zero attached hydrogens (tertiary/aromatic N) is 2. The number of carbonyl (C=O) groups excluding carboxylic acids is 2. The van der Waals surface area contributed by atoms with Crippen molar-refractivity contribution in [2.75, 3.05) is 13.1 Å². The lowest BCUT2D eigenvalue weighted by molar-refractivity contribution is -0.121. The van der Waals surface area contributed by atoms with Crippen LogP contribution in [0.1, 0.15) is 28.9 Å². The number of likely N-dealkylation sites (tertiary alicyclic amines) is 1. The van der Waals surface area contributed by atoms with Gasteiger partial charge in [-0.2, -0.15) is 0 Å². The minimum absolute atomic E-state index is 0.00653. The average molecular weight is 341 g/mol. The third kappa shape index (κ3) is 4.41. The summed E-state index contributed by atoms with van der Waals surface area (Å²) in [5, 5.41) is 2.93. The first kappa shape index (κ1) is 17.1. The summed E-state index contributed by atoms with van der Waals surface area (Å²) in [5.41, 5.74) is 0.826. The fourth-order valence-electron chi connectivity index (χ4n) is 2.97. The summed E-state index contributed by atoms with van der Waals surface area (Å²) in [7, 11) is 0. The van der Waals surface area contributed by atoms with E-state index in [-0.39, 0.29) is 30.1 Å². The molecular formula is C19H20FN3O2. The Hall–Kier alpha value is -2.76. The van der Waals surface area contributed by atoms with Gasteiger partial charge in [-0.25, -0.2) is 4.39 Å². The third-order valence-electron chi connectivity index (χ3n) is 4.34. The number of carbonyl (C=O) groups is 2. The highest BCUT2D eigenvalue weighted by Crippen LogP contribution is 2.14. The van der Waals surface area contributed by atoms with Crippen LogP contribution in [-0.4, -0.2) is 40.8 Å². The zero-order valence-electron chi connectivity index (χ0n) is 13.8. The maximum absolute atomic E-state index is 13.6. The molecule has 3 rings (SSSR count). The van der Waals surface area contributed by atoms with Crippen molar-refractivity contribution in [3.05, 3.63) is 65.7 Å². The van der Waals surface area contributed by atoms with Gasteiger partial charge in [-0.15, -0.1) is 0 Å². The molecule has 6 heteroatoms. The average Bonchev–Trinajstić information content (AvgIpc) is 2.64. The maximum atomic E-state index is 13.6. The zero-order valence-corrected chi connectivity index (χ0v) is 13.8. The molecule has 25 heavy (non-hydrogen) atoms. The predicted molar refractivity (Wildman–Crippen MR) is 91.4 cm³/mol. The van der Waals surface area contributed by atoms with Gasteiger partial charge in [0.05, 0.1) is 6.42 Å². The van der Waals surface area contributed by atoms with Crippen LogP contribution in [-0.2, 0) is 11.2 Å². The Bertz CT molecular complexity index is 743. The molecule has 1 saturated heterocycles. The van der Waals surface area contributed by atoms with Gasteiger partial charge in [-0.3, -0.25) is 14.6 Å². The molecule has 0 atom stereocenters. The number of nitrogens with one attached hydrogen (secondary N) is 1. The van der Waals surface area contributed by atoms with E-state index in [0.29, 0.717) is 37.2 Å². The molecule has 0 saturated carbocycles. The van der Waals surface area contributed by atoms with Gasteiger partial charge in [0.25, 0.3) is 5.91 Å². The number of aromatic nitrogens is 1. The van der Waals surface area contributed by atoms with Crippen LogP contribution in [0.3, 0.4) is 0 Å². The first-order chi connectivity index (χ1) is 12.1. The lowest BCUT2D eigenvalue weighted by Crippen LogP contribution is -2.47. The summed E-state index contributed by atoms with van der Waals surface area (Å²) in [6, 6.07) is 11.5. The van der Waals surface area contributed by atoms with Crippen molar-refractivity contribution >= 4 is 11.8 Å². The van der Waals surface area contributed by atoms with Crippen molar-refractivity contribution in [3.8, 4) is 0 Å². The van der Waals surface area contributed by atoms with Gasteiger partial charge in [0.2, 0.25) is 5.91 Å². The summed E-state index contributed by atoms with van der Waals surface area (Å²) in [6.07, 6.45) is 2.99. The monoisotopic (exact) mass is 341 g/mol. The zero-order chi connectivity index (χ0) is 17.6. The smallest absolute Gasteiger partial charge is 0.272 e. The third-order valence-corrected chi connectivity index (χ3v) is 4.34. The second-order valence-corrected chi connectivity index (χ2v) is 6.12. The molecule has 0 unspecified atom stereocenters. The van der Waals surface area contributed by atoms with E-state index in [1.807, 2.05) is 0 Å². The van der Waals surface area contributed by atoms with E-state index in [0.717, 1.165) is 0 Å². The molecule has 1 fully saturated rings. The van der Waals surface area contributed by atoms with E-state index < -0.39 is 0 Å². The number of hydrogen-bond donors (Lipinski definition) is 1. The van der Waals surface area contributed by atoms with E-state index >= 15 is 0 Å². The first-order valence-corrected chi connectivity index (χ1v) is 8.36. The number of piperidine rings is 1. The van der Waals surface area contributed by atoms with Crippen molar-refractivity contribution in [2.45, 2.75) is 25.3 Å². The molecule has 1 aromatic carbocycles. The molecule has 0 aliphatic carbocycles. The Morgan fingerprint density at radius 2 is 1.84 bits per heavy atom. The van der Waals surface area contributed by atoms with E-state index in [1.165, 1.54) is 6.07 Å². The first-order valence-electron chi connectivity index (χ1n) is 8.36. The van der Waals surface area contributed by atoms with Gasteiger partial charge in [0.1, 0.15) is 11.5 Å². The Morgan fingerprint density at radius 1 is 1.12 bits per heavy atom. The molecule has 2 amide bonds. The van der Waals surface area contributed by atoms with Crippen LogP contribution in [0, 0.1) is 5.82 Å². The Labute approximate surface area is 145 Å². The van der Waals surface area contributed by atoms with E-state index in [4.69, 9.17) is 0 Å². The summed E-state index contributed by atoms with van der Waals surface area (Å²) in [4.78, 5) is 30.3. The van der Waals surface area contributed by atoms with Crippen molar-refractivity contribution in [2.24, 2.45) is 0 Å². The summed E-state index contributed by atoms with van der Waals surface area (Å²) in [5.74, 6) is -0.648. The summed E-state index contributed by atoms with van der Waals surface area (Å²) < 4.78 is 13.6. The minimum Gasteiger partial charge on any atom is -0.353 e. The molecule has 5 nitrogen and oxygen atoms in total. The highest BCUT2D eigenvalue weighted by Gasteiger charge is 2.25. The highest BCUT2D eigenvalue weighted by atomic mass is 19.1. The minimum atomic E-state index is -0.367. The van der Waals surface area contributed by atoms with Crippen LogP contribution in [0.4, 0.5) is 4.39 Å². The molecule has 2 heterocycles. The molecule has 1 N–H and O–H groups in total. The molecule has 0 radical (unpaired) electrons. The highest BCUT2D eigenvalue weighted by molar-refractivity contribution is 5.92. The Morgan fingerprint density at radius 3 is 2.52 bits per heavy atom. The van der Waals surface area contributed by atoms with Gasteiger partial charge < -0.3 is 10.2 Å². The van der Waals surface area contributed by atoms with Crippen molar-refractivity contribution in [1.82, 2.24) is 15.2 Å². The maximum Gasteiger partial charge on any atom is 0.272 e. The molecule has 0 bridgehead atoms. The molecule has 1 aliphatic rings. The SMILES string of the molecule is O=C(Cc1ccccc1F)NC1CCN(C(=O)c2ccccn2)CC1. The van der Waals surface area contributed by atoms with Crippen molar-refractivity contribution in [1.29, 1.82) is 0 Å². The van der Waals surface area contributed by atoms with Crippen LogP contribution in [0.5, 0.6) is 0 Å². The molecule has 130 valence electrons. The summed E-state index contributed by atoms with van der Waals surface area (Å²) in [6.45, 7) is 1.14. The van der Waals surface area contributed by atoms with Gasteiger partial charge in [-0.1, -0.05) is 24.3 Å². The number of amides is 2. The number of pyridine rings is 1. The quantitative estimate of drug-likeness (QED) is 0.927. The van der Waals surface area contributed by atoms with Crippen LogP contribution in [0.25, 0.3) is 0 Å². The molecular weight excluding hydrogens is 321 g/mol. The fourth-order valence-corrected chi connectivity index (χ4v) is 2.97. The topological polar surface area (TPSA) is 62.3 Å². The van der Waals surface area contributed by atoms with Crippen LogP contribution in [0.15, 0.2) is 48.7 Å². The molecule has 0 spiro atoms. The lowest BCUT2D eigenvalue weighted by Gasteiger charge is -2.32. The van der Waals surface area contributed by atoms with Crippen molar-refractivity contribution < 1.29 is 14.0 Å². The molecule has 1 aliphatic heterocycles. The number of rotatable bonds is 4. The normalized spacial score (nSPS) is 15.0.